The van der Waals surface area contributed by atoms with E-state index in [4.69, 9.17) is 44.5 Å². The number of ether oxygens (including phenoxy) is 1. The van der Waals surface area contributed by atoms with Crippen LogP contribution in [0.2, 0.25) is 0 Å². The van der Waals surface area contributed by atoms with E-state index in [0.717, 1.165) is 53.9 Å². The molecule has 1 N–H and O–H groups in total. The third-order valence-electron chi connectivity index (χ3n) is 4.65. The minimum atomic E-state index is -1.61. The van der Waals surface area contributed by atoms with Crippen molar-refractivity contribution in [2.45, 2.75) is 55.2 Å². The van der Waals surface area contributed by atoms with Crippen LogP contribution in [0.15, 0.2) is 0 Å². The van der Waals surface area contributed by atoms with Gasteiger partial charge in [0.1, 0.15) is 6.61 Å². The fourth-order valence-corrected chi connectivity index (χ4v) is 3.62. The summed E-state index contributed by atoms with van der Waals surface area (Å²) in [6.45, 7) is 4.07. The number of halogens is 3. The van der Waals surface area contributed by atoms with Crippen molar-refractivity contribution in [1.82, 2.24) is 4.98 Å². The van der Waals surface area contributed by atoms with Crippen molar-refractivity contribution in [2.75, 3.05) is 11.9 Å². The van der Waals surface area contributed by atoms with Crippen molar-refractivity contribution >= 4 is 46.6 Å². The van der Waals surface area contributed by atoms with Gasteiger partial charge < -0.3 is 4.74 Å². The third-order valence-corrected chi connectivity index (χ3v) is 4.97. The molecule has 2 atom stereocenters. The van der Waals surface area contributed by atoms with Crippen molar-refractivity contribution in [3.05, 3.63) is 22.5 Å². The third kappa shape index (κ3) is 3.54. The lowest BCUT2D eigenvalue weighted by Crippen LogP contribution is -2.22. The highest BCUT2D eigenvalue weighted by Crippen LogP contribution is 2.44. The van der Waals surface area contributed by atoms with E-state index in [1.807, 2.05) is 0 Å². The van der Waals surface area contributed by atoms with Gasteiger partial charge in [0.2, 0.25) is 3.79 Å². The molecule has 1 aromatic rings. The van der Waals surface area contributed by atoms with Crippen molar-refractivity contribution in [1.29, 1.82) is 0 Å². The largest absolute Gasteiger partial charge is 0.445 e. The molecule has 0 aliphatic heterocycles. The zero-order valence-corrected chi connectivity index (χ0v) is 15.4. The van der Waals surface area contributed by atoms with Gasteiger partial charge in [-0.25, -0.2) is 4.79 Å². The molecule has 1 amide bonds. The van der Waals surface area contributed by atoms with Gasteiger partial charge in [0.15, 0.2) is 0 Å². The zero-order chi connectivity index (χ0) is 16.8. The predicted octanol–water partition coefficient (Wildman–Crippen LogP) is 5.10. The number of nitrogens with one attached hydrogen (secondary N) is 1. The number of hydrogen-bond acceptors (Lipinski definition) is 3. The van der Waals surface area contributed by atoms with Crippen LogP contribution in [0.4, 0.5) is 10.5 Å². The van der Waals surface area contributed by atoms with Crippen LogP contribution < -0.4 is 5.32 Å². The molecular weight excluding hydrogens is 359 g/mol. The van der Waals surface area contributed by atoms with E-state index < -0.39 is 9.89 Å². The molecule has 0 spiro atoms. The number of pyridine rings is 1. The first-order chi connectivity index (χ1) is 10.8. The van der Waals surface area contributed by atoms with E-state index in [-0.39, 0.29) is 6.61 Å². The van der Waals surface area contributed by atoms with Gasteiger partial charge in [-0.1, -0.05) is 48.7 Å². The number of anilines is 1. The van der Waals surface area contributed by atoms with E-state index >= 15 is 0 Å². The molecule has 2 aliphatic rings. The predicted molar refractivity (Wildman–Crippen MR) is 93.0 cm³/mol. The summed E-state index contributed by atoms with van der Waals surface area (Å²) in [5.74, 6) is 0.835. The monoisotopic (exact) mass is 376 g/mol. The van der Waals surface area contributed by atoms with Gasteiger partial charge in [0.25, 0.3) is 0 Å². The van der Waals surface area contributed by atoms with Gasteiger partial charge in [-0.15, -0.1) is 0 Å². The molecule has 1 heterocycles. The number of amides is 1. The Balaban J connectivity index is 1.89. The molecule has 4 nitrogen and oxygen atoms in total. The van der Waals surface area contributed by atoms with Gasteiger partial charge in [0.05, 0.1) is 5.69 Å². The molecule has 23 heavy (non-hydrogen) atoms. The summed E-state index contributed by atoms with van der Waals surface area (Å²) < 4.78 is 3.41. The maximum Gasteiger partial charge on any atom is 0.411 e. The lowest BCUT2D eigenvalue weighted by atomic mass is 10.0. The Morgan fingerprint density at radius 1 is 1.17 bits per heavy atom. The Bertz CT molecular complexity index is 607. The Hall–Kier alpha value is -0.710. The van der Waals surface area contributed by atoms with Crippen LogP contribution in [0.1, 0.15) is 61.0 Å². The molecule has 0 fully saturated rings. The highest BCUT2D eigenvalue weighted by atomic mass is 35.6. The maximum absolute atomic E-state index is 12.1. The number of fused-ring (bicyclic) bond motifs is 2. The Morgan fingerprint density at radius 2 is 1.70 bits per heavy atom. The van der Waals surface area contributed by atoms with Crippen LogP contribution >= 0.6 is 34.8 Å². The number of rotatable bonds is 2. The lowest BCUT2D eigenvalue weighted by Gasteiger charge is -2.18. The van der Waals surface area contributed by atoms with Crippen LogP contribution in [0.5, 0.6) is 0 Å². The highest BCUT2D eigenvalue weighted by molar-refractivity contribution is 6.67. The molecular formula is C16H19Cl3N2O2. The van der Waals surface area contributed by atoms with Crippen molar-refractivity contribution in [3.63, 3.8) is 0 Å². The molecule has 1 aromatic heterocycles. The van der Waals surface area contributed by atoms with Crippen LogP contribution in [-0.4, -0.2) is 21.5 Å². The Morgan fingerprint density at radius 3 is 2.17 bits per heavy atom. The van der Waals surface area contributed by atoms with Gasteiger partial charge >= 0.3 is 6.09 Å². The fraction of sp³-hybridized carbons (Fsp3) is 0.625. The van der Waals surface area contributed by atoms with Gasteiger partial charge in [-0.05, 0) is 48.6 Å². The van der Waals surface area contributed by atoms with Crippen LogP contribution in [-0.2, 0) is 17.6 Å². The van der Waals surface area contributed by atoms with Crippen LogP contribution in [0.25, 0.3) is 0 Å². The topological polar surface area (TPSA) is 51.2 Å². The highest BCUT2D eigenvalue weighted by Gasteiger charge is 2.32. The van der Waals surface area contributed by atoms with E-state index in [1.54, 1.807) is 0 Å². The van der Waals surface area contributed by atoms with E-state index in [0.29, 0.717) is 11.8 Å². The van der Waals surface area contributed by atoms with E-state index in [9.17, 15) is 4.79 Å². The summed E-state index contributed by atoms with van der Waals surface area (Å²) in [5, 5.41) is 2.88. The molecule has 0 radical (unpaired) electrons. The second-order valence-electron chi connectivity index (χ2n) is 6.41. The SMILES string of the molecule is CC1CCc2c1nc1c(c2NC(=O)OCC(Cl)(Cl)Cl)CCC1C. The first-order valence-electron chi connectivity index (χ1n) is 7.82. The van der Waals surface area contributed by atoms with Crippen LogP contribution in [0.3, 0.4) is 0 Å². The molecule has 3 rings (SSSR count). The smallest absolute Gasteiger partial charge is 0.411 e. The Labute approximate surface area is 150 Å². The average Bonchev–Trinajstić information content (AvgIpc) is 3.01. The molecule has 7 heteroatoms. The fourth-order valence-electron chi connectivity index (χ4n) is 3.46. The summed E-state index contributed by atoms with van der Waals surface area (Å²) in [7, 11) is 0. The first-order valence-corrected chi connectivity index (χ1v) is 8.95. The minimum absolute atomic E-state index is 0.286. The van der Waals surface area contributed by atoms with E-state index in [2.05, 4.69) is 19.2 Å². The van der Waals surface area contributed by atoms with Crippen molar-refractivity contribution < 1.29 is 9.53 Å². The first kappa shape index (κ1) is 17.1. The summed E-state index contributed by atoms with van der Waals surface area (Å²) in [6.07, 6.45) is 3.36. The lowest BCUT2D eigenvalue weighted by molar-refractivity contribution is 0.164. The summed E-state index contributed by atoms with van der Waals surface area (Å²) >= 11 is 16.9. The standard InChI is InChI=1S/C16H19Cl3N2O2/c1-8-3-5-10-12(8)20-13-9(2)4-6-11(13)14(10)21-15(22)23-7-16(17,18)19/h8-9H,3-7H2,1-2H3,(H,20,21,22). The molecule has 0 saturated carbocycles. The van der Waals surface area contributed by atoms with Crippen molar-refractivity contribution in [2.24, 2.45) is 0 Å². The van der Waals surface area contributed by atoms with Gasteiger partial charge in [0, 0.05) is 11.4 Å². The molecule has 2 aliphatic carbocycles. The van der Waals surface area contributed by atoms with Gasteiger partial charge in [-0.2, -0.15) is 0 Å². The quantitative estimate of drug-likeness (QED) is 0.729. The number of hydrogen-bond donors (Lipinski definition) is 1. The number of nitrogens with zero attached hydrogens (tertiary/aromatic N) is 1. The number of carbonyl (C=O) groups is 1. The maximum atomic E-state index is 12.1. The average molecular weight is 378 g/mol. The molecule has 2 unspecified atom stereocenters. The molecule has 0 saturated heterocycles. The summed E-state index contributed by atoms with van der Waals surface area (Å²) in [6, 6.07) is 0. The number of alkyl halides is 3. The van der Waals surface area contributed by atoms with Crippen molar-refractivity contribution in [3.8, 4) is 0 Å². The summed E-state index contributed by atoms with van der Waals surface area (Å²) in [5.41, 5.74) is 5.35. The number of aromatic nitrogens is 1. The molecule has 0 bridgehead atoms. The minimum Gasteiger partial charge on any atom is -0.445 e. The molecule has 0 aromatic carbocycles. The molecule has 126 valence electrons. The normalized spacial score (nSPS) is 22.7. The van der Waals surface area contributed by atoms with Gasteiger partial charge in [-0.3, -0.25) is 10.3 Å². The zero-order valence-electron chi connectivity index (χ0n) is 13.1. The second kappa shape index (κ2) is 6.30. The van der Waals surface area contributed by atoms with Crippen LogP contribution in [0, 0.1) is 0 Å². The number of carbonyl (C=O) groups excluding carboxylic acids is 1. The van der Waals surface area contributed by atoms with E-state index in [1.165, 1.54) is 0 Å². The Kier molecular flexibility index (Phi) is 4.69. The second-order valence-corrected chi connectivity index (χ2v) is 8.93. The summed E-state index contributed by atoms with van der Waals surface area (Å²) in [4.78, 5) is 17.0.